The third-order valence-corrected chi connectivity index (χ3v) is 4.80. The van der Waals surface area contributed by atoms with E-state index in [1.165, 1.54) is 0 Å². The molecule has 1 aliphatic heterocycles. The number of carbonyl (C=O) groups is 1. The predicted octanol–water partition coefficient (Wildman–Crippen LogP) is 4.41. The molecule has 0 saturated carbocycles. The summed E-state index contributed by atoms with van der Waals surface area (Å²) < 4.78 is 24.2. The first kappa shape index (κ1) is 18.2. The van der Waals surface area contributed by atoms with Gasteiger partial charge < -0.3 is 9.47 Å². The Morgan fingerprint density at radius 2 is 2.09 bits per heavy atom. The molecule has 0 spiro atoms. The van der Waals surface area contributed by atoms with Gasteiger partial charge in [-0.3, -0.25) is 9.18 Å². The Morgan fingerprint density at radius 3 is 2.70 bits per heavy atom. The van der Waals surface area contributed by atoms with E-state index in [9.17, 15) is 9.18 Å². The average Bonchev–Trinajstić information content (AvgIpc) is 2.55. The van der Waals surface area contributed by atoms with Crippen molar-refractivity contribution in [3.63, 3.8) is 0 Å². The molecule has 0 radical (unpaired) electrons. The molecular weight excluding hydrogens is 319 g/mol. The van der Waals surface area contributed by atoms with Gasteiger partial charge in [-0.25, -0.2) is 0 Å². The van der Waals surface area contributed by atoms with Crippen LogP contribution in [-0.2, 0) is 19.7 Å². The fourth-order valence-corrected chi connectivity index (χ4v) is 3.30. The molecule has 0 aliphatic carbocycles. The second-order valence-electron chi connectivity index (χ2n) is 6.21. The summed E-state index contributed by atoms with van der Waals surface area (Å²) in [4.78, 5) is 11.7. The summed E-state index contributed by atoms with van der Waals surface area (Å²) in [6, 6.07) is 5.67. The molecule has 0 N–H and O–H groups in total. The van der Waals surface area contributed by atoms with Crippen LogP contribution < -0.4 is 0 Å². The van der Waals surface area contributed by atoms with Crippen molar-refractivity contribution < 1.29 is 18.7 Å². The van der Waals surface area contributed by atoms with Gasteiger partial charge in [-0.05, 0) is 48.9 Å². The smallest absolute Gasteiger partial charge is 0.306 e. The van der Waals surface area contributed by atoms with Crippen molar-refractivity contribution in [2.24, 2.45) is 0 Å². The van der Waals surface area contributed by atoms with Crippen molar-refractivity contribution in [3.05, 3.63) is 34.3 Å². The molecule has 0 aromatic heterocycles. The van der Waals surface area contributed by atoms with Crippen LogP contribution in [0.25, 0.3) is 0 Å². The highest BCUT2D eigenvalue weighted by Gasteiger charge is 2.35. The standard InChI is InChI=1S/C18H24ClFO3/c1-3-23-17(21)8-13(2)14-9-15(11-16(19)10-14)18(12-20)4-6-22-7-5-18/h9-11,13H,3-8,12H2,1-2H3/t13-/m1/s1. The van der Waals surface area contributed by atoms with Crippen molar-refractivity contribution in [3.8, 4) is 0 Å². The molecule has 3 nitrogen and oxygen atoms in total. The van der Waals surface area contributed by atoms with E-state index in [1.54, 1.807) is 6.92 Å². The van der Waals surface area contributed by atoms with Gasteiger partial charge in [-0.2, -0.15) is 0 Å². The minimum absolute atomic E-state index is 0.0250. The number of esters is 1. The van der Waals surface area contributed by atoms with Crippen LogP contribution in [-0.4, -0.2) is 32.5 Å². The third kappa shape index (κ3) is 4.45. The molecule has 1 fully saturated rings. The fraction of sp³-hybridized carbons (Fsp3) is 0.611. The average molecular weight is 343 g/mol. The maximum absolute atomic E-state index is 13.8. The number of alkyl halides is 1. The van der Waals surface area contributed by atoms with Gasteiger partial charge in [0, 0.05) is 23.7 Å². The molecule has 1 atom stereocenters. The van der Waals surface area contributed by atoms with Crippen molar-refractivity contribution in [1.29, 1.82) is 0 Å². The first-order valence-electron chi connectivity index (χ1n) is 8.11. The molecule has 0 amide bonds. The van der Waals surface area contributed by atoms with Crippen LogP contribution in [0, 0.1) is 0 Å². The van der Waals surface area contributed by atoms with Gasteiger partial charge in [0.05, 0.1) is 19.7 Å². The highest BCUT2D eigenvalue weighted by molar-refractivity contribution is 6.30. The maximum atomic E-state index is 13.8. The van der Waals surface area contributed by atoms with E-state index in [0.717, 1.165) is 11.1 Å². The first-order chi connectivity index (χ1) is 11.0. The number of carbonyl (C=O) groups excluding carboxylic acids is 1. The lowest BCUT2D eigenvalue weighted by molar-refractivity contribution is -0.143. The molecule has 1 aliphatic rings. The van der Waals surface area contributed by atoms with E-state index < -0.39 is 12.1 Å². The minimum atomic E-state index is -0.526. The summed E-state index contributed by atoms with van der Waals surface area (Å²) in [6.45, 7) is 4.81. The van der Waals surface area contributed by atoms with Gasteiger partial charge in [-0.15, -0.1) is 0 Å². The van der Waals surface area contributed by atoms with Gasteiger partial charge >= 0.3 is 5.97 Å². The Kier molecular flexibility index (Phi) is 6.42. The molecule has 1 aromatic carbocycles. The zero-order valence-corrected chi connectivity index (χ0v) is 14.5. The molecule has 1 saturated heterocycles. The number of halogens is 2. The fourth-order valence-electron chi connectivity index (χ4n) is 3.05. The zero-order valence-electron chi connectivity index (χ0n) is 13.7. The molecule has 2 rings (SSSR count). The lowest BCUT2D eigenvalue weighted by atomic mass is 9.74. The Labute approximate surface area is 142 Å². The summed E-state index contributed by atoms with van der Waals surface area (Å²) in [5.41, 5.74) is 1.32. The van der Waals surface area contributed by atoms with E-state index in [-0.39, 0.29) is 11.9 Å². The largest absolute Gasteiger partial charge is 0.466 e. The lowest BCUT2D eigenvalue weighted by Crippen LogP contribution is -2.36. The topological polar surface area (TPSA) is 35.5 Å². The summed E-state index contributed by atoms with van der Waals surface area (Å²) in [7, 11) is 0. The summed E-state index contributed by atoms with van der Waals surface area (Å²) in [5, 5.41) is 0.576. The zero-order chi connectivity index (χ0) is 16.9. The van der Waals surface area contributed by atoms with Crippen LogP contribution in [0.4, 0.5) is 4.39 Å². The second-order valence-corrected chi connectivity index (χ2v) is 6.65. The first-order valence-corrected chi connectivity index (χ1v) is 8.49. The summed E-state index contributed by atoms with van der Waals surface area (Å²) in [5.74, 6) is -0.254. The highest BCUT2D eigenvalue weighted by Crippen LogP contribution is 2.38. The predicted molar refractivity (Wildman–Crippen MR) is 88.8 cm³/mol. The van der Waals surface area contributed by atoms with Gasteiger partial charge in [0.1, 0.15) is 0 Å². The van der Waals surface area contributed by atoms with Crippen LogP contribution in [0.5, 0.6) is 0 Å². The van der Waals surface area contributed by atoms with Crippen LogP contribution >= 0.6 is 11.6 Å². The SMILES string of the molecule is CCOC(=O)C[C@@H](C)c1cc(Cl)cc(C2(CF)CCOCC2)c1. The van der Waals surface area contributed by atoms with Crippen molar-refractivity contribution >= 4 is 17.6 Å². The molecule has 1 heterocycles. The van der Waals surface area contributed by atoms with Crippen molar-refractivity contribution in [2.75, 3.05) is 26.5 Å². The van der Waals surface area contributed by atoms with Crippen molar-refractivity contribution in [1.82, 2.24) is 0 Å². The lowest BCUT2D eigenvalue weighted by Gasteiger charge is -2.35. The Morgan fingerprint density at radius 1 is 1.39 bits per heavy atom. The quantitative estimate of drug-likeness (QED) is 0.718. The molecule has 0 bridgehead atoms. The van der Waals surface area contributed by atoms with E-state index in [1.807, 2.05) is 25.1 Å². The molecule has 23 heavy (non-hydrogen) atoms. The van der Waals surface area contributed by atoms with Gasteiger partial charge in [0.2, 0.25) is 0 Å². The molecule has 128 valence electrons. The van der Waals surface area contributed by atoms with Crippen LogP contribution in [0.3, 0.4) is 0 Å². The van der Waals surface area contributed by atoms with Crippen LogP contribution in [0.1, 0.15) is 50.2 Å². The Hall–Kier alpha value is -1.13. The van der Waals surface area contributed by atoms with Crippen LogP contribution in [0.2, 0.25) is 5.02 Å². The second kappa shape index (κ2) is 8.11. The van der Waals surface area contributed by atoms with E-state index in [4.69, 9.17) is 21.1 Å². The number of hydrogen-bond acceptors (Lipinski definition) is 3. The number of hydrogen-bond donors (Lipinski definition) is 0. The summed E-state index contributed by atoms with van der Waals surface area (Å²) in [6.07, 6.45) is 1.59. The summed E-state index contributed by atoms with van der Waals surface area (Å²) >= 11 is 6.26. The monoisotopic (exact) mass is 342 g/mol. The van der Waals surface area contributed by atoms with Crippen LogP contribution in [0.15, 0.2) is 18.2 Å². The van der Waals surface area contributed by atoms with Gasteiger partial charge in [0.15, 0.2) is 0 Å². The Balaban J connectivity index is 2.25. The molecule has 0 unspecified atom stereocenters. The molecule has 5 heteroatoms. The third-order valence-electron chi connectivity index (χ3n) is 4.59. The van der Waals surface area contributed by atoms with E-state index >= 15 is 0 Å². The molecule has 1 aromatic rings. The van der Waals surface area contributed by atoms with Gasteiger partial charge in [0.25, 0.3) is 0 Å². The molecular formula is C18H24ClFO3. The van der Waals surface area contributed by atoms with E-state index in [0.29, 0.717) is 44.1 Å². The number of benzene rings is 1. The minimum Gasteiger partial charge on any atom is -0.466 e. The maximum Gasteiger partial charge on any atom is 0.306 e. The highest BCUT2D eigenvalue weighted by atomic mass is 35.5. The van der Waals surface area contributed by atoms with Crippen molar-refractivity contribution in [2.45, 2.75) is 44.4 Å². The van der Waals surface area contributed by atoms with Gasteiger partial charge in [-0.1, -0.05) is 24.6 Å². The number of rotatable bonds is 6. The van der Waals surface area contributed by atoms with E-state index in [2.05, 4.69) is 0 Å². The Bertz CT molecular complexity index is 541. The number of ether oxygens (including phenoxy) is 2. The normalized spacial score (nSPS) is 18.4.